The molecule has 0 N–H and O–H groups in total. The molecule has 0 amide bonds. The molecule has 0 unspecified atom stereocenters. The molecule has 116 valence electrons. The van der Waals surface area contributed by atoms with Gasteiger partial charge in [-0.1, -0.05) is 52.0 Å². The molecule has 0 atom stereocenters. The first-order valence-electron chi connectivity index (χ1n) is 8.15. The first-order valence-corrected chi connectivity index (χ1v) is 9.10. The van der Waals surface area contributed by atoms with Crippen molar-refractivity contribution in [1.82, 2.24) is 0 Å². The normalized spacial score (nSPS) is 19.8. The molecule has 0 spiro atoms. The van der Waals surface area contributed by atoms with Gasteiger partial charge >= 0.3 is 0 Å². The molecule has 2 aromatic rings. The minimum Gasteiger partial charge on any atom is -0.152 e. The molecule has 1 aliphatic rings. The molecule has 0 fully saturated rings. The van der Waals surface area contributed by atoms with E-state index < -0.39 is 0 Å². The Morgan fingerprint density at radius 3 is 2.32 bits per heavy atom. The first-order chi connectivity index (χ1) is 10.3. The minimum absolute atomic E-state index is 0.281. The van der Waals surface area contributed by atoms with Crippen molar-refractivity contribution in [2.45, 2.75) is 58.3 Å². The van der Waals surface area contributed by atoms with Gasteiger partial charge in [0, 0.05) is 0 Å². The van der Waals surface area contributed by atoms with Gasteiger partial charge in [0.05, 0.1) is 0 Å². The summed E-state index contributed by atoms with van der Waals surface area (Å²) in [5.74, 6) is 0. The molecule has 0 radical (unpaired) electrons. The van der Waals surface area contributed by atoms with Crippen LogP contribution in [0.25, 0.3) is 11.6 Å². The lowest BCUT2D eigenvalue weighted by Gasteiger charge is -2.42. The van der Waals surface area contributed by atoms with E-state index in [2.05, 4.69) is 75.7 Å². The number of benzene rings is 1. The summed E-state index contributed by atoms with van der Waals surface area (Å²) in [5.41, 5.74) is 7.67. The van der Waals surface area contributed by atoms with Gasteiger partial charge in [0.25, 0.3) is 0 Å². The van der Waals surface area contributed by atoms with Gasteiger partial charge in [-0.05, 0) is 75.2 Å². The zero-order chi connectivity index (χ0) is 16.0. The number of hydrogen-bond donors (Lipinski definition) is 0. The minimum atomic E-state index is 0.281. The molecule has 1 aromatic heterocycles. The Kier molecular flexibility index (Phi) is 3.81. The summed E-state index contributed by atoms with van der Waals surface area (Å²) in [7, 11) is 0. The number of fused-ring (bicyclic) bond motifs is 1. The summed E-state index contributed by atoms with van der Waals surface area (Å²) in [6, 6.07) is 9.30. The SMILES string of the molecule is CC(=Cc1ccsc1)c1ccc2c(c1)C(C)(C)CCC2(C)C. The van der Waals surface area contributed by atoms with Gasteiger partial charge in [-0.15, -0.1) is 0 Å². The zero-order valence-corrected chi connectivity index (χ0v) is 15.2. The molecule has 22 heavy (non-hydrogen) atoms. The lowest BCUT2D eigenvalue weighted by Crippen LogP contribution is -2.33. The van der Waals surface area contributed by atoms with Gasteiger partial charge in [0.15, 0.2) is 0 Å². The average molecular weight is 311 g/mol. The molecule has 0 aliphatic heterocycles. The second-order valence-corrected chi connectivity index (χ2v) is 8.69. The van der Waals surface area contributed by atoms with E-state index in [0.717, 1.165) is 0 Å². The Morgan fingerprint density at radius 2 is 1.68 bits per heavy atom. The van der Waals surface area contributed by atoms with Crippen molar-refractivity contribution in [3.05, 3.63) is 57.3 Å². The largest absolute Gasteiger partial charge is 0.152 e. The van der Waals surface area contributed by atoms with Gasteiger partial charge < -0.3 is 0 Å². The summed E-state index contributed by atoms with van der Waals surface area (Å²) in [6.45, 7) is 11.8. The van der Waals surface area contributed by atoms with Crippen LogP contribution in [-0.4, -0.2) is 0 Å². The van der Waals surface area contributed by atoms with Gasteiger partial charge in [-0.2, -0.15) is 11.3 Å². The average Bonchev–Trinajstić information content (AvgIpc) is 2.96. The Hall–Kier alpha value is -1.34. The van der Waals surface area contributed by atoms with E-state index in [0.29, 0.717) is 5.41 Å². The van der Waals surface area contributed by atoms with Crippen LogP contribution in [-0.2, 0) is 10.8 Å². The number of rotatable bonds is 2. The van der Waals surface area contributed by atoms with E-state index >= 15 is 0 Å². The fraction of sp³-hybridized carbons (Fsp3) is 0.429. The molecular weight excluding hydrogens is 284 g/mol. The van der Waals surface area contributed by atoms with Crippen molar-refractivity contribution in [3.8, 4) is 0 Å². The standard InChI is InChI=1S/C21H26S/c1-15(12-16-8-11-22-14-16)17-6-7-18-19(13-17)21(4,5)10-9-20(18,2)3/h6-8,11-14H,9-10H2,1-5H3. The molecule has 1 aliphatic carbocycles. The second kappa shape index (κ2) is 5.38. The van der Waals surface area contributed by atoms with Crippen LogP contribution >= 0.6 is 11.3 Å². The maximum absolute atomic E-state index is 2.44. The van der Waals surface area contributed by atoms with Crippen molar-refractivity contribution in [3.63, 3.8) is 0 Å². The number of hydrogen-bond acceptors (Lipinski definition) is 1. The molecule has 0 bridgehead atoms. The number of thiophene rings is 1. The lowest BCUT2D eigenvalue weighted by molar-refractivity contribution is 0.332. The van der Waals surface area contributed by atoms with E-state index in [1.807, 2.05) is 0 Å². The molecule has 1 aromatic carbocycles. The fourth-order valence-electron chi connectivity index (χ4n) is 3.52. The molecule has 0 saturated heterocycles. The summed E-state index contributed by atoms with van der Waals surface area (Å²) in [5, 5.41) is 4.34. The Balaban J connectivity index is 2.06. The van der Waals surface area contributed by atoms with Gasteiger partial charge in [0.2, 0.25) is 0 Å². The van der Waals surface area contributed by atoms with Crippen LogP contribution in [0.5, 0.6) is 0 Å². The summed E-state index contributed by atoms with van der Waals surface area (Å²) >= 11 is 1.75. The molecule has 1 heterocycles. The monoisotopic (exact) mass is 310 g/mol. The van der Waals surface area contributed by atoms with E-state index in [-0.39, 0.29) is 5.41 Å². The Morgan fingerprint density at radius 1 is 1.00 bits per heavy atom. The summed E-state index contributed by atoms with van der Waals surface area (Å²) in [6.07, 6.45) is 4.83. The predicted octanol–water partition coefficient (Wildman–Crippen LogP) is 6.66. The van der Waals surface area contributed by atoms with Crippen LogP contribution < -0.4 is 0 Å². The molecule has 3 rings (SSSR count). The first kappa shape index (κ1) is 15.6. The van der Waals surface area contributed by atoms with E-state index in [9.17, 15) is 0 Å². The van der Waals surface area contributed by atoms with E-state index in [1.54, 1.807) is 16.9 Å². The zero-order valence-electron chi connectivity index (χ0n) is 14.4. The number of allylic oxidation sites excluding steroid dienone is 1. The second-order valence-electron chi connectivity index (χ2n) is 7.91. The van der Waals surface area contributed by atoms with Crippen LogP contribution in [0.3, 0.4) is 0 Å². The van der Waals surface area contributed by atoms with Crippen molar-refractivity contribution in [1.29, 1.82) is 0 Å². The highest BCUT2D eigenvalue weighted by atomic mass is 32.1. The third-order valence-electron chi connectivity index (χ3n) is 5.23. The molecule has 1 heteroatoms. The van der Waals surface area contributed by atoms with Crippen LogP contribution in [0.4, 0.5) is 0 Å². The maximum atomic E-state index is 2.44. The smallest absolute Gasteiger partial charge is 0.00207 e. The third-order valence-corrected chi connectivity index (χ3v) is 5.94. The van der Waals surface area contributed by atoms with E-state index in [1.165, 1.54) is 35.1 Å². The topological polar surface area (TPSA) is 0 Å². The van der Waals surface area contributed by atoms with Crippen LogP contribution in [0.2, 0.25) is 0 Å². The van der Waals surface area contributed by atoms with Crippen LogP contribution in [0.1, 0.15) is 69.7 Å². The molecule has 0 nitrogen and oxygen atoms in total. The highest BCUT2D eigenvalue weighted by Crippen LogP contribution is 2.46. The van der Waals surface area contributed by atoms with Crippen molar-refractivity contribution in [2.24, 2.45) is 0 Å². The Bertz CT molecular complexity index is 700. The van der Waals surface area contributed by atoms with Crippen LogP contribution in [0, 0.1) is 0 Å². The summed E-state index contributed by atoms with van der Waals surface area (Å²) < 4.78 is 0. The lowest BCUT2D eigenvalue weighted by atomic mass is 9.63. The van der Waals surface area contributed by atoms with E-state index in [4.69, 9.17) is 0 Å². The summed E-state index contributed by atoms with van der Waals surface area (Å²) in [4.78, 5) is 0. The van der Waals surface area contributed by atoms with Gasteiger partial charge in [0.1, 0.15) is 0 Å². The van der Waals surface area contributed by atoms with Crippen LogP contribution in [0.15, 0.2) is 35.0 Å². The van der Waals surface area contributed by atoms with Crippen molar-refractivity contribution >= 4 is 23.0 Å². The molecule has 0 saturated carbocycles. The Labute approximate surface area is 138 Å². The highest BCUT2D eigenvalue weighted by molar-refractivity contribution is 7.08. The van der Waals surface area contributed by atoms with Gasteiger partial charge in [-0.3, -0.25) is 0 Å². The van der Waals surface area contributed by atoms with Crippen molar-refractivity contribution in [2.75, 3.05) is 0 Å². The maximum Gasteiger partial charge on any atom is -0.00207 e. The van der Waals surface area contributed by atoms with Crippen molar-refractivity contribution < 1.29 is 0 Å². The highest BCUT2D eigenvalue weighted by Gasteiger charge is 2.36. The molecular formula is C21H26S. The fourth-order valence-corrected chi connectivity index (χ4v) is 4.14. The quantitative estimate of drug-likeness (QED) is 0.582. The predicted molar refractivity (Wildman–Crippen MR) is 99.6 cm³/mol. The van der Waals surface area contributed by atoms with Gasteiger partial charge in [-0.25, -0.2) is 0 Å². The third kappa shape index (κ3) is 2.79.